The molecule has 0 saturated carbocycles. The Bertz CT molecular complexity index is 1450. The molecule has 6 nitrogen and oxygen atoms in total. The minimum absolute atomic E-state index is 0.0319. The van der Waals surface area contributed by atoms with E-state index in [0.29, 0.717) is 24.3 Å². The van der Waals surface area contributed by atoms with Crippen molar-refractivity contribution < 1.29 is 18.3 Å². The van der Waals surface area contributed by atoms with Gasteiger partial charge in [0.05, 0.1) is 36.0 Å². The number of pyridine rings is 1. The standard InChI is InChI=1S/C30H32F2N4O2/c1-19(2)29-28(30(37)34-18-21-7-10-24(31)25(32)16-21)23-9-8-22(35-12-14-38-15-13-35)17-27(23)36(29)20(3)26-6-4-5-11-33-26/h4-11,16-17,19-20H,12-15,18H2,1-3H3,(H,34,37). The van der Waals surface area contributed by atoms with E-state index in [2.05, 4.69) is 52.7 Å². The van der Waals surface area contributed by atoms with Crippen molar-refractivity contribution in [1.82, 2.24) is 14.9 Å². The molecule has 3 heterocycles. The second kappa shape index (κ2) is 10.9. The molecule has 0 spiro atoms. The van der Waals surface area contributed by atoms with Crippen LogP contribution in [0.15, 0.2) is 60.8 Å². The molecule has 1 fully saturated rings. The fourth-order valence-electron chi connectivity index (χ4n) is 5.24. The molecule has 0 bridgehead atoms. The van der Waals surface area contributed by atoms with Crippen LogP contribution < -0.4 is 10.2 Å². The molecule has 0 radical (unpaired) electrons. The molecule has 1 aliphatic rings. The largest absolute Gasteiger partial charge is 0.378 e. The molecule has 0 aliphatic carbocycles. The first-order chi connectivity index (χ1) is 18.3. The Hall–Kier alpha value is -3.78. The summed E-state index contributed by atoms with van der Waals surface area (Å²) in [6.07, 6.45) is 1.78. The lowest BCUT2D eigenvalue weighted by Crippen LogP contribution is -2.36. The number of benzene rings is 2. The average Bonchev–Trinajstić information content (AvgIpc) is 3.29. The minimum Gasteiger partial charge on any atom is -0.378 e. The number of fused-ring (bicyclic) bond motifs is 1. The molecule has 8 heteroatoms. The Morgan fingerprint density at radius 1 is 1.03 bits per heavy atom. The van der Waals surface area contributed by atoms with Gasteiger partial charge in [0, 0.05) is 42.6 Å². The third kappa shape index (κ3) is 5.00. The lowest BCUT2D eigenvalue weighted by atomic mass is 10.0. The van der Waals surface area contributed by atoms with Crippen LogP contribution in [0, 0.1) is 11.6 Å². The van der Waals surface area contributed by atoms with E-state index in [1.165, 1.54) is 6.07 Å². The summed E-state index contributed by atoms with van der Waals surface area (Å²) in [6, 6.07) is 15.6. The average molecular weight is 519 g/mol. The third-order valence-corrected chi connectivity index (χ3v) is 7.12. The molecule has 1 unspecified atom stereocenters. The number of ether oxygens (including phenoxy) is 1. The van der Waals surface area contributed by atoms with Crippen molar-refractivity contribution in [3.8, 4) is 0 Å². The maximum atomic E-state index is 13.7. The lowest BCUT2D eigenvalue weighted by Gasteiger charge is -2.29. The van der Waals surface area contributed by atoms with E-state index in [4.69, 9.17) is 4.74 Å². The van der Waals surface area contributed by atoms with Crippen LogP contribution in [0.25, 0.3) is 10.9 Å². The van der Waals surface area contributed by atoms with E-state index >= 15 is 0 Å². The number of hydrogen-bond donors (Lipinski definition) is 1. The topological polar surface area (TPSA) is 59.4 Å². The molecule has 1 atom stereocenters. The Balaban J connectivity index is 1.61. The molecular formula is C30H32F2N4O2. The van der Waals surface area contributed by atoms with E-state index < -0.39 is 11.6 Å². The molecule has 1 saturated heterocycles. The molecule has 4 aromatic rings. The summed E-state index contributed by atoms with van der Waals surface area (Å²) in [6.45, 7) is 9.30. The van der Waals surface area contributed by atoms with Crippen molar-refractivity contribution in [1.29, 1.82) is 0 Å². The number of rotatable bonds is 7. The summed E-state index contributed by atoms with van der Waals surface area (Å²) < 4.78 is 34.9. The van der Waals surface area contributed by atoms with Crippen molar-refractivity contribution in [2.45, 2.75) is 39.3 Å². The second-order valence-electron chi connectivity index (χ2n) is 9.95. The number of aromatic nitrogens is 2. The van der Waals surface area contributed by atoms with Crippen molar-refractivity contribution in [3.63, 3.8) is 0 Å². The fourth-order valence-corrected chi connectivity index (χ4v) is 5.24. The normalized spacial score (nSPS) is 14.7. The summed E-state index contributed by atoms with van der Waals surface area (Å²) in [5.74, 6) is -2.07. The smallest absolute Gasteiger partial charge is 0.254 e. The van der Waals surface area contributed by atoms with Crippen LogP contribution in [0.2, 0.25) is 0 Å². The number of nitrogens with zero attached hydrogens (tertiary/aromatic N) is 3. The van der Waals surface area contributed by atoms with Gasteiger partial charge in [-0.05, 0) is 60.9 Å². The Morgan fingerprint density at radius 2 is 1.82 bits per heavy atom. The zero-order valence-electron chi connectivity index (χ0n) is 21.9. The molecule has 5 rings (SSSR count). The van der Waals surface area contributed by atoms with Gasteiger partial charge in [0.1, 0.15) is 0 Å². The van der Waals surface area contributed by atoms with Gasteiger partial charge in [0.25, 0.3) is 5.91 Å². The molecule has 198 valence electrons. The van der Waals surface area contributed by atoms with Crippen LogP contribution in [-0.2, 0) is 11.3 Å². The van der Waals surface area contributed by atoms with Gasteiger partial charge in [-0.15, -0.1) is 0 Å². The molecular weight excluding hydrogens is 486 g/mol. The second-order valence-corrected chi connectivity index (χ2v) is 9.95. The lowest BCUT2D eigenvalue weighted by molar-refractivity contribution is 0.0950. The van der Waals surface area contributed by atoms with Gasteiger partial charge in [-0.25, -0.2) is 8.78 Å². The maximum Gasteiger partial charge on any atom is 0.254 e. The Kier molecular flexibility index (Phi) is 7.42. The van der Waals surface area contributed by atoms with Gasteiger partial charge in [0.15, 0.2) is 11.6 Å². The van der Waals surface area contributed by atoms with Crippen LogP contribution in [0.1, 0.15) is 60.0 Å². The summed E-state index contributed by atoms with van der Waals surface area (Å²) >= 11 is 0. The first kappa shape index (κ1) is 25.9. The number of hydrogen-bond acceptors (Lipinski definition) is 4. The number of carbonyl (C=O) groups excluding carboxylic acids is 1. The van der Waals surface area contributed by atoms with Crippen LogP contribution in [0.3, 0.4) is 0 Å². The third-order valence-electron chi connectivity index (χ3n) is 7.12. The summed E-state index contributed by atoms with van der Waals surface area (Å²) in [4.78, 5) is 20.6. The van der Waals surface area contributed by atoms with Gasteiger partial charge in [-0.2, -0.15) is 0 Å². The van der Waals surface area contributed by atoms with Crippen molar-refractivity contribution in [2.24, 2.45) is 0 Å². The van der Waals surface area contributed by atoms with Crippen LogP contribution >= 0.6 is 0 Å². The van der Waals surface area contributed by atoms with Gasteiger partial charge in [-0.3, -0.25) is 9.78 Å². The number of amides is 1. The maximum absolute atomic E-state index is 13.7. The van der Waals surface area contributed by atoms with Crippen LogP contribution in [0.5, 0.6) is 0 Å². The van der Waals surface area contributed by atoms with E-state index in [0.717, 1.165) is 53.2 Å². The summed E-state index contributed by atoms with van der Waals surface area (Å²) in [7, 11) is 0. The quantitative estimate of drug-likeness (QED) is 0.335. The highest BCUT2D eigenvalue weighted by Gasteiger charge is 2.28. The predicted octanol–water partition coefficient (Wildman–Crippen LogP) is 5.81. The zero-order valence-corrected chi connectivity index (χ0v) is 21.9. The van der Waals surface area contributed by atoms with E-state index in [-0.39, 0.29) is 24.4 Å². The molecule has 1 amide bonds. The minimum atomic E-state index is -0.934. The first-order valence-corrected chi connectivity index (χ1v) is 13.0. The number of morpholine rings is 1. The molecule has 38 heavy (non-hydrogen) atoms. The number of carbonyl (C=O) groups is 1. The number of nitrogens with one attached hydrogen (secondary N) is 1. The molecule has 2 aromatic carbocycles. The highest BCUT2D eigenvalue weighted by molar-refractivity contribution is 6.09. The Labute approximate surface area is 221 Å². The SMILES string of the molecule is CC(C)c1c(C(=O)NCc2ccc(F)c(F)c2)c2ccc(N3CCOCC3)cc2n1C(C)c1ccccn1. The monoisotopic (exact) mass is 518 g/mol. The van der Waals surface area contributed by atoms with Crippen LogP contribution in [-0.4, -0.2) is 41.8 Å². The van der Waals surface area contributed by atoms with Gasteiger partial charge in [-0.1, -0.05) is 26.0 Å². The van der Waals surface area contributed by atoms with Crippen molar-refractivity contribution in [3.05, 3.63) is 94.9 Å². The van der Waals surface area contributed by atoms with Crippen molar-refractivity contribution in [2.75, 3.05) is 31.2 Å². The van der Waals surface area contributed by atoms with Crippen molar-refractivity contribution >= 4 is 22.5 Å². The van der Waals surface area contributed by atoms with Crippen LogP contribution in [0.4, 0.5) is 14.5 Å². The number of anilines is 1. The van der Waals surface area contributed by atoms with E-state index in [1.54, 1.807) is 6.20 Å². The molecule has 2 aromatic heterocycles. The molecule has 1 N–H and O–H groups in total. The van der Waals surface area contributed by atoms with Gasteiger partial charge < -0.3 is 19.5 Å². The highest BCUT2D eigenvalue weighted by Crippen LogP contribution is 2.37. The summed E-state index contributed by atoms with van der Waals surface area (Å²) in [5.41, 5.74) is 4.92. The van der Waals surface area contributed by atoms with E-state index in [9.17, 15) is 13.6 Å². The first-order valence-electron chi connectivity index (χ1n) is 13.0. The Morgan fingerprint density at radius 3 is 2.50 bits per heavy atom. The summed E-state index contributed by atoms with van der Waals surface area (Å²) in [5, 5.41) is 3.78. The van der Waals surface area contributed by atoms with Gasteiger partial charge in [0.2, 0.25) is 0 Å². The number of halogens is 2. The van der Waals surface area contributed by atoms with Gasteiger partial charge >= 0.3 is 0 Å². The highest BCUT2D eigenvalue weighted by atomic mass is 19.2. The van der Waals surface area contributed by atoms with E-state index in [1.807, 2.05) is 24.3 Å². The predicted molar refractivity (Wildman–Crippen MR) is 145 cm³/mol. The fraction of sp³-hybridized carbons (Fsp3) is 0.333. The molecule has 1 aliphatic heterocycles. The zero-order chi connectivity index (χ0) is 26.8.